The van der Waals surface area contributed by atoms with Crippen LogP contribution in [0.15, 0.2) is 47.6 Å². The molecule has 0 saturated heterocycles. The first-order valence-electron chi connectivity index (χ1n) is 6.36. The maximum absolute atomic E-state index is 12.4. The molecule has 2 N–H and O–H groups in total. The highest BCUT2D eigenvalue weighted by Crippen LogP contribution is 2.23. The lowest BCUT2D eigenvalue weighted by molar-refractivity contribution is 0.601. The van der Waals surface area contributed by atoms with Gasteiger partial charge < -0.3 is 10.2 Å². The molecule has 0 fully saturated rings. The summed E-state index contributed by atoms with van der Waals surface area (Å²) in [6.07, 6.45) is 2.86. The summed E-state index contributed by atoms with van der Waals surface area (Å²) in [6.45, 7) is 0. The number of hydrogen-bond acceptors (Lipinski definition) is 5. The van der Waals surface area contributed by atoms with Crippen molar-refractivity contribution in [1.82, 2.24) is 4.98 Å². The molecule has 0 amide bonds. The van der Waals surface area contributed by atoms with Crippen molar-refractivity contribution in [3.63, 3.8) is 0 Å². The fourth-order valence-corrected chi connectivity index (χ4v) is 3.05. The van der Waals surface area contributed by atoms with Gasteiger partial charge in [0.1, 0.15) is 4.90 Å². The Labute approximate surface area is 124 Å². The molecule has 1 heterocycles. The summed E-state index contributed by atoms with van der Waals surface area (Å²) < 4.78 is 27.3. The van der Waals surface area contributed by atoms with Crippen LogP contribution in [0.5, 0.6) is 0 Å². The van der Waals surface area contributed by atoms with Gasteiger partial charge in [-0.3, -0.25) is 9.71 Å². The van der Waals surface area contributed by atoms with E-state index in [0.717, 1.165) is 5.69 Å². The Hall–Kier alpha value is -2.28. The molecule has 0 spiro atoms. The lowest BCUT2D eigenvalue weighted by Gasteiger charge is -2.14. The smallest absolute Gasteiger partial charge is 0.265 e. The molecule has 0 bridgehead atoms. The minimum absolute atomic E-state index is 0.115. The van der Waals surface area contributed by atoms with Gasteiger partial charge in [0.05, 0.1) is 5.69 Å². The van der Waals surface area contributed by atoms with Crippen LogP contribution in [-0.2, 0) is 10.0 Å². The van der Waals surface area contributed by atoms with E-state index in [0.29, 0.717) is 11.4 Å². The van der Waals surface area contributed by atoms with Crippen LogP contribution in [0.4, 0.5) is 17.1 Å². The van der Waals surface area contributed by atoms with Crippen LogP contribution in [0, 0.1) is 0 Å². The highest BCUT2D eigenvalue weighted by molar-refractivity contribution is 7.92. The average Bonchev–Trinajstić information content (AvgIpc) is 2.47. The SMILES string of the molecule is CNc1ccncc1S(=O)(=O)Nc1ccc(N(C)C)cc1. The Balaban J connectivity index is 2.29. The van der Waals surface area contributed by atoms with Crippen LogP contribution in [0.25, 0.3) is 0 Å². The van der Waals surface area contributed by atoms with Gasteiger partial charge in [-0.25, -0.2) is 8.42 Å². The van der Waals surface area contributed by atoms with Gasteiger partial charge in [0.15, 0.2) is 0 Å². The molecule has 6 nitrogen and oxygen atoms in total. The Bertz CT molecular complexity index is 712. The van der Waals surface area contributed by atoms with Gasteiger partial charge in [0.25, 0.3) is 10.0 Å². The topological polar surface area (TPSA) is 74.3 Å². The standard InChI is InChI=1S/C14H18N4O2S/c1-15-13-8-9-16-10-14(13)21(19,20)17-11-4-6-12(7-5-11)18(2)3/h4-10,17H,1-3H3,(H,15,16). The molecule has 0 aliphatic rings. The normalized spacial score (nSPS) is 11.0. The minimum atomic E-state index is -3.68. The van der Waals surface area contributed by atoms with E-state index in [1.807, 2.05) is 31.1 Å². The second-order valence-corrected chi connectivity index (χ2v) is 6.32. The third-order valence-electron chi connectivity index (χ3n) is 2.98. The maximum Gasteiger partial charge on any atom is 0.265 e. The summed E-state index contributed by atoms with van der Waals surface area (Å²) in [5.41, 5.74) is 2.00. The molecular weight excluding hydrogens is 288 g/mol. The van der Waals surface area contributed by atoms with E-state index in [9.17, 15) is 8.42 Å². The third kappa shape index (κ3) is 3.43. The maximum atomic E-state index is 12.4. The van der Waals surface area contributed by atoms with Crippen molar-refractivity contribution < 1.29 is 8.42 Å². The van der Waals surface area contributed by atoms with E-state index in [-0.39, 0.29) is 4.90 Å². The number of pyridine rings is 1. The van der Waals surface area contributed by atoms with Crippen molar-refractivity contribution in [3.05, 3.63) is 42.7 Å². The number of anilines is 3. The molecule has 0 aliphatic heterocycles. The predicted octanol–water partition coefficient (Wildman–Crippen LogP) is 1.99. The van der Waals surface area contributed by atoms with E-state index in [1.54, 1.807) is 25.2 Å². The molecular formula is C14H18N4O2S. The van der Waals surface area contributed by atoms with Crippen molar-refractivity contribution in [2.45, 2.75) is 4.90 Å². The van der Waals surface area contributed by atoms with E-state index in [1.165, 1.54) is 12.4 Å². The first kappa shape index (κ1) is 15.1. The molecule has 1 aromatic heterocycles. The van der Waals surface area contributed by atoms with Gasteiger partial charge in [-0.05, 0) is 30.3 Å². The minimum Gasteiger partial charge on any atom is -0.387 e. The van der Waals surface area contributed by atoms with Crippen molar-refractivity contribution in [2.75, 3.05) is 36.1 Å². The number of benzene rings is 1. The number of hydrogen-bond donors (Lipinski definition) is 2. The van der Waals surface area contributed by atoms with Gasteiger partial charge in [0, 0.05) is 44.9 Å². The number of aromatic nitrogens is 1. The quantitative estimate of drug-likeness (QED) is 0.883. The molecule has 0 unspecified atom stereocenters. The van der Waals surface area contributed by atoms with E-state index < -0.39 is 10.0 Å². The number of rotatable bonds is 5. The highest BCUT2D eigenvalue weighted by atomic mass is 32.2. The van der Waals surface area contributed by atoms with E-state index in [4.69, 9.17) is 0 Å². The zero-order valence-electron chi connectivity index (χ0n) is 12.2. The lowest BCUT2D eigenvalue weighted by atomic mass is 10.3. The van der Waals surface area contributed by atoms with Crippen LogP contribution in [0.3, 0.4) is 0 Å². The Morgan fingerprint density at radius 2 is 1.76 bits per heavy atom. The van der Waals surface area contributed by atoms with Crippen LogP contribution in [-0.4, -0.2) is 34.5 Å². The second-order valence-electron chi connectivity index (χ2n) is 4.67. The summed E-state index contributed by atoms with van der Waals surface area (Å²) in [6, 6.07) is 8.76. The summed E-state index contributed by atoms with van der Waals surface area (Å²) in [5.74, 6) is 0. The van der Waals surface area contributed by atoms with Crippen molar-refractivity contribution in [3.8, 4) is 0 Å². The number of nitrogens with zero attached hydrogens (tertiary/aromatic N) is 2. The molecule has 2 rings (SSSR count). The molecule has 0 atom stereocenters. The Morgan fingerprint density at radius 1 is 1.10 bits per heavy atom. The third-order valence-corrected chi connectivity index (χ3v) is 4.39. The molecule has 7 heteroatoms. The Morgan fingerprint density at radius 3 is 2.33 bits per heavy atom. The summed E-state index contributed by atoms with van der Waals surface area (Å²) in [7, 11) is 1.84. The van der Waals surface area contributed by atoms with Gasteiger partial charge in [0.2, 0.25) is 0 Å². The fraction of sp³-hybridized carbons (Fsp3) is 0.214. The van der Waals surface area contributed by atoms with Gasteiger partial charge >= 0.3 is 0 Å². The number of sulfonamides is 1. The molecule has 1 aromatic carbocycles. The van der Waals surface area contributed by atoms with Crippen molar-refractivity contribution >= 4 is 27.1 Å². The fourth-order valence-electron chi connectivity index (χ4n) is 1.84. The molecule has 0 aliphatic carbocycles. The zero-order valence-corrected chi connectivity index (χ0v) is 13.0. The molecule has 0 radical (unpaired) electrons. The van der Waals surface area contributed by atoms with Gasteiger partial charge in [-0.15, -0.1) is 0 Å². The molecule has 2 aromatic rings. The first-order valence-corrected chi connectivity index (χ1v) is 7.84. The van der Waals surface area contributed by atoms with Gasteiger partial charge in [-0.2, -0.15) is 0 Å². The highest BCUT2D eigenvalue weighted by Gasteiger charge is 2.18. The predicted molar refractivity (Wildman–Crippen MR) is 85.4 cm³/mol. The average molecular weight is 306 g/mol. The van der Waals surface area contributed by atoms with E-state index >= 15 is 0 Å². The first-order chi connectivity index (χ1) is 9.94. The monoisotopic (exact) mass is 306 g/mol. The lowest BCUT2D eigenvalue weighted by Crippen LogP contribution is -2.15. The second kappa shape index (κ2) is 6.01. The summed E-state index contributed by atoms with van der Waals surface area (Å²) in [5, 5.41) is 2.85. The summed E-state index contributed by atoms with van der Waals surface area (Å²) >= 11 is 0. The largest absolute Gasteiger partial charge is 0.387 e. The summed E-state index contributed by atoms with van der Waals surface area (Å²) in [4.78, 5) is 5.93. The molecule has 112 valence electrons. The van der Waals surface area contributed by atoms with Crippen LogP contribution >= 0.6 is 0 Å². The zero-order chi connectivity index (χ0) is 15.5. The van der Waals surface area contributed by atoms with Crippen molar-refractivity contribution in [2.24, 2.45) is 0 Å². The molecule has 21 heavy (non-hydrogen) atoms. The number of nitrogens with one attached hydrogen (secondary N) is 2. The van der Waals surface area contributed by atoms with Crippen LogP contribution in [0.1, 0.15) is 0 Å². The van der Waals surface area contributed by atoms with Crippen molar-refractivity contribution in [1.29, 1.82) is 0 Å². The van der Waals surface area contributed by atoms with Crippen LogP contribution in [0.2, 0.25) is 0 Å². The Kier molecular flexibility index (Phi) is 4.32. The van der Waals surface area contributed by atoms with Crippen LogP contribution < -0.4 is 14.9 Å². The molecule has 0 saturated carbocycles. The van der Waals surface area contributed by atoms with Gasteiger partial charge in [-0.1, -0.05) is 0 Å². The van der Waals surface area contributed by atoms with E-state index in [2.05, 4.69) is 15.0 Å².